The zero-order chi connectivity index (χ0) is 18.4. The number of amides is 2. The van der Waals surface area contributed by atoms with Crippen molar-refractivity contribution in [2.45, 2.75) is 56.9 Å². The summed E-state index contributed by atoms with van der Waals surface area (Å²) in [7, 11) is 0. The maximum atomic E-state index is 12.8. The number of rotatable bonds is 7. The summed E-state index contributed by atoms with van der Waals surface area (Å²) in [5.41, 5.74) is 1.41. The Bertz CT molecular complexity index is 622. The van der Waals surface area contributed by atoms with Gasteiger partial charge in [0.05, 0.1) is 0 Å². The van der Waals surface area contributed by atoms with E-state index in [2.05, 4.69) is 47.1 Å². The molecule has 1 atom stereocenters. The number of carbonyl (C=O) groups excluding carboxylic acids is 2. The Morgan fingerprint density at radius 1 is 1.19 bits per heavy atom. The highest BCUT2D eigenvalue weighted by Crippen LogP contribution is 2.43. The molecule has 1 N–H and O–H groups in total. The lowest BCUT2D eigenvalue weighted by molar-refractivity contribution is -0.136. The van der Waals surface area contributed by atoms with Crippen LogP contribution in [0.5, 0.6) is 0 Å². The molecule has 26 heavy (non-hydrogen) atoms. The molecule has 0 radical (unpaired) electrons. The first-order valence-electron chi connectivity index (χ1n) is 9.92. The van der Waals surface area contributed by atoms with E-state index in [1.807, 2.05) is 0 Å². The topological polar surface area (TPSA) is 49.4 Å². The average molecular weight is 354 g/mol. The summed E-state index contributed by atoms with van der Waals surface area (Å²) in [6.07, 6.45) is 8.38. The number of hydrogen-bond donors (Lipinski definition) is 1. The fourth-order valence-electron chi connectivity index (χ4n) is 4.33. The van der Waals surface area contributed by atoms with Crippen LogP contribution in [0.4, 0.5) is 0 Å². The molecule has 0 spiro atoms. The zero-order valence-electron chi connectivity index (χ0n) is 15.5. The highest BCUT2D eigenvalue weighted by atomic mass is 16.2. The van der Waals surface area contributed by atoms with Crippen molar-refractivity contribution in [3.8, 4) is 0 Å². The van der Waals surface area contributed by atoms with Gasteiger partial charge >= 0.3 is 0 Å². The number of hydrogen-bond acceptors (Lipinski definition) is 2. The van der Waals surface area contributed by atoms with E-state index in [0.717, 1.165) is 38.6 Å². The molecule has 1 aliphatic heterocycles. The SMILES string of the molecule is C=CC(=O)NCCC1CCCCN1C(=O)CC1CC(c2ccccc2)C1. The van der Waals surface area contributed by atoms with Crippen LogP contribution in [-0.4, -0.2) is 35.8 Å². The molecule has 1 heterocycles. The summed E-state index contributed by atoms with van der Waals surface area (Å²) in [5, 5.41) is 2.83. The van der Waals surface area contributed by atoms with E-state index >= 15 is 0 Å². The molecule has 4 heteroatoms. The average Bonchev–Trinajstić information content (AvgIpc) is 2.65. The van der Waals surface area contributed by atoms with E-state index in [4.69, 9.17) is 0 Å². The predicted molar refractivity (Wildman–Crippen MR) is 104 cm³/mol. The maximum absolute atomic E-state index is 12.8. The lowest BCUT2D eigenvalue weighted by Gasteiger charge is -2.40. The van der Waals surface area contributed by atoms with Crippen molar-refractivity contribution in [2.24, 2.45) is 5.92 Å². The Hall–Kier alpha value is -2.10. The van der Waals surface area contributed by atoms with Gasteiger partial charge in [-0.1, -0.05) is 36.9 Å². The van der Waals surface area contributed by atoms with E-state index in [1.54, 1.807) is 0 Å². The van der Waals surface area contributed by atoms with Crippen molar-refractivity contribution < 1.29 is 9.59 Å². The number of nitrogens with one attached hydrogen (secondary N) is 1. The van der Waals surface area contributed by atoms with Gasteiger partial charge in [0.25, 0.3) is 0 Å². The third-order valence-electron chi connectivity index (χ3n) is 5.88. The second-order valence-corrected chi connectivity index (χ2v) is 7.67. The number of piperidine rings is 1. The summed E-state index contributed by atoms with van der Waals surface area (Å²) < 4.78 is 0. The van der Waals surface area contributed by atoms with E-state index in [0.29, 0.717) is 30.7 Å². The van der Waals surface area contributed by atoms with E-state index < -0.39 is 0 Å². The standard InChI is InChI=1S/C22H30N2O2/c1-2-21(25)23-12-11-20-10-6-7-13-24(20)22(26)16-17-14-19(15-17)18-8-4-3-5-9-18/h2-5,8-9,17,19-20H,1,6-7,10-16H2,(H,23,25). The number of likely N-dealkylation sites (tertiary alicyclic amines) is 1. The maximum Gasteiger partial charge on any atom is 0.243 e. The zero-order valence-corrected chi connectivity index (χ0v) is 15.5. The monoisotopic (exact) mass is 354 g/mol. The highest BCUT2D eigenvalue weighted by Gasteiger charge is 2.34. The Morgan fingerprint density at radius 2 is 1.96 bits per heavy atom. The number of nitrogens with zero attached hydrogens (tertiary/aromatic N) is 1. The van der Waals surface area contributed by atoms with Crippen LogP contribution < -0.4 is 5.32 Å². The smallest absolute Gasteiger partial charge is 0.243 e. The van der Waals surface area contributed by atoms with Crippen LogP contribution in [0.15, 0.2) is 43.0 Å². The lowest BCUT2D eigenvalue weighted by Crippen LogP contribution is -2.46. The molecular formula is C22H30N2O2. The summed E-state index contributed by atoms with van der Waals surface area (Å²) in [5.74, 6) is 1.32. The minimum Gasteiger partial charge on any atom is -0.352 e. The van der Waals surface area contributed by atoms with Crippen molar-refractivity contribution in [1.29, 1.82) is 0 Å². The Kier molecular flexibility index (Phi) is 6.48. The fraction of sp³-hybridized carbons (Fsp3) is 0.545. The van der Waals surface area contributed by atoms with Crippen molar-refractivity contribution in [3.63, 3.8) is 0 Å². The molecule has 2 amide bonds. The summed E-state index contributed by atoms with van der Waals surface area (Å²) in [4.78, 5) is 26.2. The molecule has 1 aliphatic carbocycles. The van der Waals surface area contributed by atoms with Gasteiger partial charge in [-0.15, -0.1) is 0 Å². The lowest BCUT2D eigenvalue weighted by atomic mass is 9.70. The number of benzene rings is 1. The van der Waals surface area contributed by atoms with Gasteiger partial charge < -0.3 is 10.2 Å². The van der Waals surface area contributed by atoms with Crippen LogP contribution >= 0.6 is 0 Å². The van der Waals surface area contributed by atoms with E-state index in [9.17, 15) is 9.59 Å². The molecule has 2 fully saturated rings. The minimum absolute atomic E-state index is 0.139. The molecule has 1 saturated heterocycles. The summed E-state index contributed by atoms with van der Waals surface area (Å²) in [6, 6.07) is 10.9. The van der Waals surface area contributed by atoms with Crippen molar-refractivity contribution in [2.75, 3.05) is 13.1 Å². The van der Waals surface area contributed by atoms with Crippen molar-refractivity contribution >= 4 is 11.8 Å². The molecule has 2 aliphatic rings. The summed E-state index contributed by atoms with van der Waals surface area (Å²) >= 11 is 0. The van der Waals surface area contributed by atoms with Gasteiger partial charge in [-0.05, 0) is 62.0 Å². The van der Waals surface area contributed by atoms with E-state index in [1.165, 1.54) is 18.1 Å². The summed E-state index contributed by atoms with van der Waals surface area (Å²) in [6.45, 7) is 4.95. The normalized spacial score (nSPS) is 25.2. The Morgan fingerprint density at radius 3 is 2.69 bits per heavy atom. The molecule has 0 bridgehead atoms. The van der Waals surface area contributed by atoms with Gasteiger partial charge in [-0.3, -0.25) is 9.59 Å². The minimum atomic E-state index is -0.139. The van der Waals surface area contributed by atoms with Crippen LogP contribution in [0.25, 0.3) is 0 Å². The predicted octanol–water partition coefficient (Wildman–Crippen LogP) is 3.64. The largest absolute Gasteiger partial charge is 0.352 e. The van der Waals surface area contributed by atoms with Crippen LogP contribution in [0, 0.1) is 5.92 Å². The molecule has 3 rings (SSSR count). The number of carbonyl (C=O) groups is 2. The molecular weight excluding hydrogens is 324 g/mol. The van der Waals surface area contributed by atoms with Gasteiger partial charge in [0, 0.05) is 25.6 Å². The van der Waals surface area contributed by atoms with Crippen LogP contribution in [0.3, 0.4) is 0 Å². The second-order valence-electron chi connectivity index (χ2n) is 7.67. The van der Waals surface area contributed by atoms with Gasteiger partial charge in [-0.2, -0.15) is 0 Å². The first kappa shape index (κ1) is 18.7. The molecule has 140 valence electrons. The van der Waals surface area contributed by atoms with Gasteiger partial charge in [0.1, 0.15) is 0 Å². The molecule has 1 aromatic rings. The van der Waals surface area contributed by atoms with Gasteiger partial charge in [-0.25, -0.2) is 0 Å². The van der Waals surface area contributed by atoms with Crippen molar-refractivity contribution in [1.82, 2.24) is 10.2 Å². The third kappa shape index (κ3) is 4.75. The quantitative estimate of drug-likeness (QED) is 0.760. The molecule has 0 aromatic heterocycles. The highest BCUT2D eigenvalue weighted by molar-refractivity contribution is 5.86. The molecule has 4 nitrogen and oxygen atoms in total. The van der Waals surface area contributed by atoms with Crippen LogP contribution in [-0.2, 0) is 9.59 Å². The van der Waals surface area contributed by atoms with Crippen molar-refractivity contribution in [3.05, 3.63) is 48.6 Å². The fourth-order valence-corrected chi connectivity index (χ4v) is 4.33. The van der Waals surface area contributed by atoms with Crippen LogP contribution in [0.2, 0.25) is 0 Å². The Labute approximate surface area is 156 Å². The molecule has 1 aromatic carbocycles. The first-order chi connectivity index (χ1) is 12.7. The van der Waals surface area contributed by atoms with Gasteiger partial charge in [0.2, 0.25) is 11.8 Å². The Balaban J connectivity index is 1.45. The molecule has 1 saturated carbocycles. The van der Waals surface area contributed by atoms with E-state index in [-0.39, 0.29) is 11.9 Å². The second kappa shape index (κ2) is 9.02. The molecule has 1 unspecified atom stereocenters. The first-order valence-corrected chi connectivity index (χ1v) is 9.92. The van der Waals surface area contributed by atoms with Crippen LogP contribution in [0.1, 0.15) is 56.4 Å². The van der Waals surface area contributed by atoms with Gasteiger partial charge in [0.15, 0.2) is 0 Å². The third-order valence-corrected chi connectivity index (χ3v) is 5.88.